The predicted octanol–water partition coefficient (Wildman–Crippen LogP) is 4.51. The van der Waals surface area contributed by atoms with Crippen molar-refractivity contribution in [3.8, 4) is 5.75 Å². The topological polar surface area (TPSA) is 46.5 Å². The highest BCUT2D eigenvalue weighted by Crippen LogP contribution is 2.31. The summed E-state index contributed by atoms with van der Waals surface area (Å²) in [5.41, 5.74) is 3.90. The molecule has 0 saturated heterocycles. The van der Waals surface area contributed by atoms with Gasteiger partial charge in [-0.25, -0.2) is 4.79 Å². The summed E-state index contributed by atoms with van der Waals surface area (Å²) in [6.45, 7) is 3.75. The lowest BCUT2D eigenvalue weighted by Gasteiger charge is -2.14. The van der Waals surface area contributed by atoms with Gasteiger partial charge in [0.05, 0.1) is 6.26 Å². The first-order chi connectivity index (χ1) is 10.6. The number of para-hydroxylation sites is 1. The molecule has 0 aromatic heterocycles. The Morgan fingerprint density at radius 1 is 1.18 bits per heavy atom. The van der Waals surface area contributed by atoms with Gasteiger partial charge in [-0.3, -0.25) is 0 Å². The zero-order valence-corrected chi connectivity index (χ0v) is 12.6. The van der Waals surface area contributed by atoms with Crippen molar-refractivity contribution in [2.45, 2.75) is 13.8 Å². The number of hydrogen-bond donors (Lipinski definition) is 1. The minimum atomic E-state index is -0.936. The van der Waals surface area contributed by atoms with Crippen LogP contribution in [0.2, 0.25) is 0 Å². The van der Waals surface area contributed by atoms with Crippen LogP contribution in [-0.2, 0) is 4.79 Å². The third-order valence-corrected chi connectivity index (χ3v) is 3.09. The number of carboxylic acids is 1. The summed E-state index contributed by atoms with van der Waals surface area (Å²) in [4.78, 5) is 10.5. The standard InChI is InChI=1S/C19H18O3/c1-14(6-5-7-15(2)13-19(20)21)12-16-10-11-22-18-9-4-3-8-17(16)18/h3-13H,1-2H3,(H,20,21)/b7-5+,14-6-,15-13+,16-12+. The van der Waals surface area contributed by atoms with E-state index in [2.05, 4.69) is 6.08 Å². The molecule has 1 aromatic carbocycles. The van der Waals surface area contributed by atoms with Crippen LogP contribution in [0.25, 0.3) is 5.57 Å². The van der Waals surface area contributed by atoms with Gasteiger partial charge in [0.15, 0.2) is 0 Å². The van der Waals surface area contributed by atoms with E-state index in [9.17, 15) is 4.79 Å². The van der Waals surface area contributed by atoms with Gasteiger partial charge in [-0.05, 0) is 37.1 Å². The SMILES string of the molecule is CC(=C/C=C/C(C)=C/C(=O)O)/C=C1\C=COc2ccccc21. The maximum absolute atomic E-state index is 10.5. The van der Waals surface area contributed by atoms with E-state index in [1.54, 1.807) is 19.3 Å². The molecule has 0 radical (unpaired) electrons. The fourth-order valence-corrected chi connectivity index (χ4v) is 2.09. The van der Waals surface area contributed by atoms with Crippen molar-refractivity contribution in [2.75, 3.05) is 0 Å². The molecule has 3 heteroatoms. The summed E-state index contributed by atoms with van der Waals surface area (Å²) in [5, 5.41) is 8.65. The van der Waals surface area contributed by atoms with Crippen molar-refractivity contribution in [1.29, 1.82) is 0 Å². The largest absolute Gasteiger partial charge is 0.478 e. The Morgan fingerprint density at radius 2 is 1.95 bits per heavy atom. The molecule has 112 valence electrons. The van der Waals surface area contributed by atoms with Gasteiger partial charge in [-0.15, -0.1) is 0 Å². The summed E-state index contributed by atoms with van der Waals surface area (Å²) in [6.07, 6.45) is 12.4. The smallest absolute Gasteiger partial charge is 0.328 e. The number of benzene rings is 1. The highest BCUT2D eigenvalue weighted by Gasteiger charge is 2.09. The Morgan fingerprint density at radius 3 is 2.73 bits per heavy atom. The molecule has 1 aromatic rings. The first-order valence-corrected chi connectivity index (χ1v) is 6.97. The van der Waals surface area contributed by atoms with Crippen molar-refractivity contribution >= 4 is 11.5 Å². The number of carboxylic acid groups (broad SMARTS) is 1. The molecule has 0 fully saturated rings. The monoisotopic (exact) mass is 294 g/mol. The van der Waals surface area contributed by atoms with E-state index >= 15 is 0 Å². The molecule has 1 heterocycles. The number of ether oxygens (including phenoxy) is 1. The Kier molecular flexibility index (Phi) is 5.15. The van der Waals surface area contributed by atoms with Crippen molar-refractivity contribution in [1.82, 2.24) is 0 Å². The van der Waals surface area contributed by atoms with Crippen molar-refractivity contribution < 1.29 is 14.6 Å². The lowest BCUT2D eigenvalue weighted by Crippen LogP contribution is -1.95. The summed E-state index contributed by atoms with van der Waals surface area (Å²) in [5.74, 6) is -0.0891. The molecule has 1 N–H and O–H groups in total. The minimum absolute atomic E-state index is 0.695. The van der Waals surface area contributed by atoms with Crippen LogP contribution in [0.5, 0.6) is 5.75 Å². The summed E-state index contributed by atoms with van der Waals surface area (Å²) in [6, 6.07) is 7.88. The average molecular weight is 294 g/mol. The molecule has 0 amide bonds. The number of hydrogen-bond acceptors (Lipinski definition) is 2. The van der Waals surface area contributed by atoms with Crippen LogP contribution in [0.15, 0.2) is 78.1 Å². The van der Waals surface area contributed by atoms with E-state index in [0.717, 1.165) is 22.5 Å². The van der Waals surface area contributed by atoms with E-state index in [1.165, 1.54) is 6.08 Å². The molecule has 0 unspecified atom stereocenters. The molecule has 22 heavy (non-hydrogen) atoms. The Labute approximate surface area is 130 Å². The lowest BCUT2D eigenvalue weighted by molar-refractivity contribution is -0.131. The van der Waals surface area contributed by atoms with E-state index < -0.39 is 5.97 Å². The van der Waals surface area contributed by atoms with Gasteiger partial charge >= 0.3 is 5.97 Å². The zero-order valence-electron chi connectivity index (χ0n) is 12.6. The second-order valence-corrected chi connectivity index (χ2v) is 5.01. The van der Waals surface area contributed by atoms with E-state index in [-0.39, 0.29) is 0 Å². The minimum Gasteiger partial charge on any atom is -0.478 e. The second-order valence-electron chi connectivity index (χ2n) is 5.01. The highest BCUT2D eigenvalue weighted by atomic mass is 16.5. The second kappa shape index (κ2) is 7.27. The molecule has 3 nitrogen and oxygen atoms in total. The normalized spacial score (nSPS) is 16.7. The summed E-state index contributed by atoms with van der Waals surface area (Å²) in [7, 11) is 0. The van der Waals surface area contributed by atoms with Crippen LogP contribution < -0.4 is 4.74 Å². The number of rotatable bonds is 4. The van der Waals surface area contributed by atoms with Crippen LogP contribution in [-0.4, -0.2) is 11.1 Å². The molecule has 0 saturated carbocycles. The quantitative estimate of drug-likeness (QED) is 0.656. The molecule has 0 aliphatic carbocycles. The number of carbonyl (C=O) groups is 1. The fraction of sp³-hybridized carbons (Fsp3) is 0.105. The highest BCUT2D eigenvalue weighted by molar-refractivity contribution is 5.81. The molecule has 0 spiro atoms. The lowest BCUT2D eigenvalue weighted by atomic mass is 10.0. The van der Waals surface area contributed by atoms with Crippen molar-refractivity contribution in [3.05, 3.63) is 83.7 Å². The average Bonchev–Trinajstić information content (AvgIpc) is 2.47. The maximum Gasteiger partial charge on any atom is 0.328 e. The first kappa shape index (κ1) is 15.6. The molecule has 0 bridgehead atoms. The van der Waals surface area contributed by atoms with Gasteiger partial charge in [0.25, 0.3) is 0 Å². The predicted molar refractivity (Wildman–Crippen MR) is 88.5 cm³/mol. The zero-order chi connectivity index (χ0) is 15.9. The van der Waals surface area contributed by atoms with E-state index in [0.29, 0.717) is 5.57 Å². The van der Waals surface area contributed by atoms with Crippen LogP contribution in [0.4, 0.5) is 0 Å². The maximum atomic E-state index is 10.5. The third-order valence-electron chi connectivity index (χ3n) is 3.09. The molecular weight excluding hydrogens is 276 g/mol. The van der Waals surface area contributed by atoms with Gasteiger partial charge in [0, 0.05) is 11.6 Å². The van der Waals surface area contributed by atoms with Crippen molar-refractivity contribution in [2.24, 2.45) is 0 Å². The summed E-state index contributed by atoms with van der Waals surface area (Å²) >= 11 is 0. The van der Waals surface area contributed by atoms with Gasteiger partial charge in [-0.2, -0.15) is 0 Å². The van der Waals surface area contributed by atoms with Crippen LogP contribution in [0.3, 0.4) is 0 Å². The number of fused-ring (bicyclic) bond motifs is 1. The molecule has 1 aliphatic rings. The van der Waals surface area contributed by atoms with E-state index in [1.807, 2.05) is 49.4 Å². The third kappa shape index (κ3) is 4.35. The van der Waals surface area contributed by atoms with Crippen LogP contribution >= 0.6 is 0 Å². The van der Waals surface area contributed by atoms with Gasteiger partial charge < -0.3 is 9.84 Å². The van der Waals surface area contributed by atoms with Crippen LogP contribution in [0.1, 0.15) is 19.4 Å². The summed E-state index contributed by atoms with van der Waals surface area (Å²) < 4.78 is 5.47. The molecule has 0 atom stereocenters. The molecule has 2 rings (SSSR count). The Hall–Kier alpha value is -2.81. The van der Waals surface area contributed by atoms with Gasteiger partial charge in [0.2, 0.25) is 0 Å². The Balaban J connectivity index is 2.17. The first-order valence-electron chi connectivity index (χ1n) is 6.97. The van der Waals surface area contributed by atoms with Gasteiger partial charge in [-0.1, -0.05) is 48.1 Å². The molecular formula is C19H18O3. The number of allylic oxidation sites excluding steroid dienone is 8. The number of aliphatic carboxylic acids is 1. The van der Waals surface area contributed by atoms with Crippen molar-refractivity contribution in [3.63, 3.8) is 0 Å². The van der Waals surface area contributed by atoms with Crippen LogP contribution in [0, 0.1) is 0 Å². The molecule has 1 aliphatic heterocycles. The van der Waals surface area contributed by atoms with Gasteiger partial charge in [0.1, 0.15) is 5.75 Å². The fourth-order valence-electron chi connectivity index (χ4n) is 2.09. The Bertz CT molecular complexity index is 716. The van der Waals surface area contributed by atoms with E-state index in [4.69, 9.17) is 9.84 Å².